The van der Waals surface area contributed by atoms with Gasteiger partial charge in [-0.2, -0.15) is 0 Å². The van der Waals surface area contributed by atoms with E-state index in [9.17, 15) is 9.59 Å². The van der Waals surface area contributed by atoms with Crippen molar-refractivity contribution in [3.63, 3.8) is 0 Å². The first-order valence-corrected chi connectivity index (χ1v) is 7.04. The number of anilines is 1. The summed E-state index contributed by atoms with van der Waals surface area (Å²) in [7, 11) is 1.51. The van der Waals surface area contributed by atoms with Gasteiger partial charge in [0.2, 0.25) is 11.8 Å². The Labute approximate surface area is 129 Å². The standard InChI is InChI=1S/C14H20ClN3O3/c1-21-12-5-4-10(15)9-11(12)18-14(20)6-8-17-13(19)3-2-7-16/h4-5,9H,2-3,6-8,16H2,1H3,(H,17,19)(H,18,20). The highest BCUT2D eigenvalue weighted by atomic mass is 35.5. The topological polar surface area (TPSA) is 93.5 Å². The van der Waals surface area contributed by atoms with Gasteiger partial charge in [0.05, 0.1) is 12.8 Å². The monoisotopic (exact) mass is 313 g/mol. The van der Waals surface area contributed by atoms with Gasteiger partial charge in [0.1, 0.15) is 5.75 Å². The van der Waals surface area contributed by atoms with E-state index in [-0.39, 0.29) is 24.8 Å². The second-order valence-electron chi connectivity index (χ2n) is 4.38. The highest BCUT2D eigenvalue weighted by Gasteiger charge is 2.09. The van der Waals surface area contributed by atoms with E-state index in [4.69, 9.17) is 22.1 Å². The summed E-state index contributed by atoms with van der Waals surface area (Å²) in [4.78, 5) is 23.2. The Hall–Kier alpha value is -1.79. The lowest BCUT2D eigenvalue weighted by molar-refractivity contribution is -0.121. The number of amides is 2. The van der Waals surface area contributed by atoms with E-state index in [1.165, 1.54) is 7.11 Å². The molecule has 0 aromatic heterocycles. The highest BCUT2D eigenvalue weighted by Crippen LogP contribution is 2.27. The van der Waals surface area contributed by atoms with Gasteiger partial charge in [-0.1, -0.05) is 11.6 Å². The van der Waals surface area contributed by atoms with Crippen LogP contribution in [-0.4, -0.2) is 32.0 Å². The Kier molecular flexibility index (Phi) is 7.56. The van der Waals surface area contributed by atoms with Crippen LogP contribution in [0.15, 0.2) is 18.2 Å². The zero-order valence-corrected chi connectivity index (χ0v) is 12.7. The number of hydrogen-bond acceptors (Lipinski definition) is 4. The van der Waals surface area contributed by atoms with Crippen LogP contribution in [0, 0.1) is 0 Å². The lowest BCUT2D eigenvalue weighted by Gasteiger charge is -2.10. The lowest BCUT2D eigenvalue weighted by atomic mass is 10.2. The fraction of sp³-hybridized carbons (Fsp3) is 0.429. The number of ether oxygens (including phenoxy) is 1. The van der Waals surface area contributed by atoms with Gasteiger partial charge >= 0.3 is 0 Å². The second kappa shape index (κ2) is 9.20. The fourth-order valence-electron chi connectivity index (χ4n) is 1.66. The number of nitrogens with two attached hydrogens (primary N) is 1. The summed E-state index contributed by atoms with van der Waals surface area (Å²) >= 11 is 5.88. The summed E-state index contributed by atoms with van der Waals surface area (Å²) in [6.45, 7) is 0.751. The minimum absolute atomic E-state index is 0.103. The predicted octanol–water partition coefficient (Wildman–Crippen LogP) is 1.53. The van der Waals surface area contributed by atoms with E-state index < -0.39 is 0 Å². The summed E-state index contributed by atoms with van der Waals surface area (Å²) in [5.74, 6) is 0.197. The molecule has 0 aliphatic heterocycles. The van der Waals surface area contributed by atoms with Gasteiger partial charge in [-0.15, -0.1) is 0 Å². The third-order valence-electron chi connectivity index (χ3n) is 2.72. The SMILES string of the molecule is COc1ccc(Cl)cc1NC(=O)CCNC(=O)CCCN. The minimum atomic E-state index is -0.227. The van der Waals surface area contributed by atoms with Gasteiger partial charge in [-0.3, -0.25) is 9.59 Å². The van der Waals surface area contributed by atoms with Crippen LogP contribution in [-0.2, 0) is 9.59 Å². The van der Waals surface area contributed by atoms with E-state index in [0.29, 0.717) is 35.8 Å². The van der Waals surface area contributed by atoms with Crippen molar-refractivity contribution in [2.45, 2.75) is 19.3 Å². The van der Waals surface area contributed by atoms with Crippen molar-refractivity contribution in [3.05, 3.63) is 23.2 Å². The van der Waals surface area contributed by atoms with Crippen LogP contribution in [0.4, 0.5) is 5.69 Å². The molecule has 1 rings (SSSR count). The summed E-state index contributed by atoms with van der Waals surface area (Å²) in [5, 5.41) is 5.86. The zero-order chi connectivity index (χ0) is 15.7. The smallest absolute Gasteiger partial charge is 0.226 e. The van der Waals surface area contributed by atoms with Crippen LogP contribution in [0.5, 0.6) is 5.75 Å². The number of rotatable bonds is 8. The van der Waals surface area contributed by atoms with Crippen molar-refractivity contribution in [1.29, 1.82) is 0 Å². The molecule has 0 spiro atoms. The third kappa shape index (κ3) is 6.46. The molecule has 116 valence electrons. The van der Waals surface area contributed by atoms with Crippen LogP contribution in [0.2, 0.25) is 5.02 Å². The molecule has 7 heteroatoms. The lowest BCUT2D eigenvalue weighted by Crippen LogP contribution is -2.27. The van der Waals surface area contributed by atoms with E-state index >= 15 is 0 Å². The maximum absolute atomic E-state index is 11.8. The first kappa shape index (κ1) is 17.3. The van der Waals surface area contributed by atoms with E-state index in [1.807, 2.05) is 0 Å². The molecule has 0 atom stereocenters. The molecule has 0 fully saturated rings. The predicted molar refractivity (Wildman–Crippen MR) is 82.5 cm³/mol. The molecule has 0 bridgehead atoms. The Morgan fingerprint density at radius 2 is 2.05 bits per heavy atom. The molecular weight excluding hydrogens is 294 g/mol. The van der Waals surface area contributed by atoms with Crippen molar-refractivity contribution in [2.24, 2.45) is 5.73 Å². The van der Waals surface area contributed by atoms with E-state index in [0.717, 1.165) is 0 Å². The van der Waals surface area contributed by atoms with Crippen molar-refractivity contribution in [2.75, 3.05) is 25.5 Å². The molecule has 1 aromatic carbocycles. The van der Waals surface area contributed by atoms with Crippen molar-refractivity contribution in [3.8, 4) is 5.75 Å². The molecule has 4 N–H and O–H groups in total. The molecule has 0 saturated heterocycles. The Balaban J connectivity index is 2.40. The number of carbonyl (C=O) groups excluding carboxylic acids is 2. The Morgan fingerprint density at radius 3 is 2.71 bits per heavy atom. The van der Waals surface area contributed by atoms with Crippen molar-refractivity contribution < 1.29 is 14.3 Å². The fourth-order valence-corrected chi connectivity index (χ4v) is 1.83. The van der Waals surface area contributed by atoms with Gasteiger partial charge in [0.25, 0.3) is 0 Å². The summed E-state index contributed by atoms with van der Waals surface area (Å²) in [6, 6.07) is 4.96. The molecule has 0 radical (unpaired) electrons. The van der Waals surface area contributed by atoms with Crippen molar-refractivity contribution >= 4 is 29.1 Å². The van der Waals surface area contributed by atoms with Crippen LogP contribution >= 0.6 is 11.6 Å². The molecule has 0 aliphatic rings. The normalized spacial score (nSPS) is 10.0. The maximum Gasteiger partial charge on any atom is 0.226 e. The molecule has 21 heavy (non-hydrogen) atoms. The van der Waals surface area contributed by atoms with Crippen LogP contribution < -0.4 is 21.1 Å². The van der Waals surface area contributed by atoms with Gasteiger partial charge in [-0.25, -0.2) is 0 Å². The largest absolute Gasteiger partial charge is 0.495 e. The quantitative estimate of drug-likeness (QED) is 0.678. The minimum Gasteiger partial charge on any atom is -0.495 e. The molecule has 6 nitrogen and oxygen atoms in total. The van der Waals surface area contributed by atoms with E-state index in [2.05, 4.69) is 10.6 Å². The first-order valence-electron chi connectivity index (χ1n) is 6.67. The Morgan fingerprint density at radius 1 is 1.29 bits per heavy atom. The summed E-state index contributed by atoms with van der Waals surface area (Å²) in [5.41, 5.74) is 5.82. The van der Waals surface area contributed by atoms with Gasteiger partial charge < -0.3 is 21.1 Å². The molecule has 2 amide bonds. The number of carbonyl (C=O) groups is 2. The number of hydrogen-bond donors (Lipinski definition) is 3. The number of nitrogens with one attached hydrogen (secondary N) is 2. The van der Waals surface area contributed by atoms with Crippen LogP contribution in [0.1, 0.15) is 19.3 Å². The number of methoxy groups -OCH3 is 1. The van der Waals surface area contributed by atoms with Gasteiger partial charge in [0, 0.05) is 24.4 Å². The maximum atomic E-state index is 11.8. The third-order valence-corrected chi connectivity index (χ3v) is 2.95. The Bertz CT molecular complexity index is 494. The highest BCUT2D eigenvalue weighted by molar-refractivity contribution is 6.31. The van der Waals surface area contributed by atoms with E-state index in [1.54, 1.807) is 18.2 Å². The van der Waals surface area contributed by atoms with Crippen LogP contribution in [0.3, 0.4) is 0 Å². The average Bonchev–Trinajstić information content (AvgIpc) is 2.45. The molecule has 0 unspecified atom stereocenters. The number of halogens is 1. The molecule has 0 saturated carbocycles. The van der Waals surface area contributed by atoms with Crippen LogP contribution in [0.25, 0.3) is 0 Å². The first-order chi connectivity index (χ1) is 10.1. The molecule has 1 aromatic rings. The second-order valence-corrected chi connectivity index (χ2v) is 4.82. The molecule has 0 heterocycles. The zero-order valence-electron chi connectivity index (χ0n) is 11.9. The van der Waals surface area contributed by atoms with Gasteiger partial charge in [0.15, 0.2) is 0 Å². The molecular formula is C14H20ClN3O3. The average molecular weight is 314 g/mol. The molecule has 0 aliphatic carbocycles. The van der Waals surface area contributed by atoms with Crippen molar-refractivity contribution in [1.82, 2.24) is 5.32 Å². The van der Waals surface area contributed by atoms with Gasteiger partial charge in [-0.05, 0) is 31.2 Å². The number of benzene rings is 1. The summed E-state index contributed by atoms with van der Waals surface area (Å²) in [6.07, 6.45) is 1.18. The summed E-state index contributed by atoms with van der Waals surface area (Å²) < 4.78 is 5.13.